The Hall–Kier alpha value is -3.22. The number of hydrogen-bond donors (Lipinski definition) is 0. The molecule has 0 saturated heterocycles. The molecule has 0 radical (unpaired) electrons. The fourth-order valence-electron chi connectivity index (χ4n) is 3.07. The maximum absolute atomic E-state index is 12.8. The molecule has 0 spiro atoms. The van der Waals surface area contributed by atoms with Crippen molar-refractivity contribution in [3.05, 3.63) is 53.2 Å². The van der Waals surface area contributed by atoms with Crippen molar-refractivity contribution in [2.45, 2.75) is 13.8 Å². The van der Waals surface area contributed by atoms with E-state index in [4.69, 9.17) is 14.2 Å². The Labute approximate surface area is 163 Å². The number of aliphatic imine (C=N–C) groups is 1. The lowest BCUT2D eigenvalue weighted by Crippen LogP contribution is -2.42. The topological polar surface area (TPSA) is 91.3 Å². The zero-order valence-electron chi connectivity index (χ0n) is 16.3. The first-order chi connectivity index (χ1) is 13.4. The molecule has 1 aromatic carbocycles. The van der Waals surface area contributed by atoms with Crippen LogP contribution >= 0.6 is 0 Å². The first kappa shape index (κ1) is 21.1. The predicted octanol–water partition coefficient (Wildman–Crippen LogP) is 2.57. The van der Waals surface area contributed by atoms with Crippen molar-refractivity contribution in [3.8, 4) is 0 Å². The van der Waals surface area contributed by atoms with Gasteiger partial charge in [0.05, 0.1) is 19.8 Å². The second kappa shape index (κ2) is 9.64. The average molecular weight is 385 g/mol. The van der Waals surface area contributed by atoms with Gasteiger partial charge in [-0.15, -0.1) is 0 Å². The maximum Gasteiger partial charge on any atom is 0.336 e. The average Bonchev–Trinajstić information content (AvgIpc) is 2.70. The zero-order chi connectivity index (χ0) is 20.7. The van der Waals surface area contributed by atoms with Crippen LogP contribution in [-0.4, -0.2) is 44.4 Å². The highest BCUT2D eigenvalue weighted by Crippen LogP contribution is 2.33. The largest absolute Gasteiger partial charge is 0.468 e. The molecule has 148 valence electrons. The van der Waals surface area contributed by atoms with Gasteiger partial charge in [0, 0.05) is 11.4 Å². The summed E-state index contributed by atoms with van der Waals surface area (Å²) in [4.78, 5) is 41.5. The number of carbonyl (C=O) groups is 3. The van der Waals surface area contributed by atoms with Gasteiger partial charge < -0.3 is 14.2 Å². The summed E-state index contributed by atoms with van der Waals surface area (Å²) in [5.74, 6) is -4.35. The second-order valence-corrected chi connectivity index (χ2v) is 6.17. The summed E-state index contributed by atoms with van der Waals surface area (Å²) >= 11 is 0. The van der Waals surface area contributed by atoms with Crippen molar-refractivity contribution >= 4 is 29.7 Å². The molecule has 0 aromatic heterocycles. The van der Waals surface area contributed by atoms with E-state index in [2.05, 4.69) is 4.99 Å². The van der Waals surface area contributed by atoms with E-state index in [0.717, 1.165) is 5.56 Å². The highest BCUT2D eigenvalue weighted by molar-refractivity contribution is 6.10. The van der Waals surface area contributed by atoms with Crippen molar-refractivity contribution in [1.82, 2.24) is 0 Å². The Balaban J connectivity index is 2.24. The van der Waals surface area contributed by atoms with Crippen LogP contribution in [0.4, 0.5) is 0 Å². The van der Waals surface area contributed by atoms with Crippen molar-refractivity contribution in [1.29, 1.82) is 0 Å². The van der Waals surface area contributed by atoms with E-state index in [9.17, 15) is 14.4 Å². The molecule has 0 saturated carbocycles. The summed E-state index contributed by atoms with van der Waals surface area (Å²) in [6.07, 6.45) is 3.49. The summed E-state index contributed by atoms with van der Waals surface area (Å²) in [6, 6.07) is 9.52. The van der Waals surface area contributed by atoms with Gasteiger partial charge in [-0.3, -0.25) is 14.6 Å². The third-order valence-electron chi connectivity index (χ3n) is 4.37. The molecule has 2 atom stereocenters. The molecular formula is C21H23NO6. The van der Waals surface area contributed by atoms with E-state index in [1.54, 1.807) is 26.0 Å². The van der Waals surface area contributed by atoms with Crippen molar-refractivity contribution < 1.29 is 28.6 Å². The summed E-state index contributed by atoms with van der Waals surface area (Å²) in [5.41, 5.74) is 1.64. The second-order valence-electron chi connectivity index (χ2n) is 6.17. The Morgan fingerprint density at radius 3 is 2.29 bits per heavy atom. The molecule has 7 nitrogen and oxygen atoms in total. The molecular weight excluding hydrogens is 362 g/mol. The van der Waals surface area contributed by atoms with Crippen LogP contribution in [0.5, 0.6) is 0 Å². The van der Waals surface area contributed by atoms with E-state index < -0.39 is 29.7 Å². The monoisotopic (exact) mass is 385 g/mol. The van der Waals surface area contributed by atoms with Gasteiger partial charge in [0.1, 0.15) is 18.4 Å². The Kier molecular flexibility index (Phi) is 7.26. The van der Waals surface area contributed by atoms with Gasteiger partial charge in [0.2, 0.25) is 0 Å². The highest BCUT2D eigenvalue weighted by atomic mass is 16.5. The minimum absolute atomic E-state index is 0.000499. The predicted molar refractivity (Wildman–Crippen MR) is 103 cm³/mol. The van der Waals surface area contributed by atoms with Crippen LogP contribution in [0.3, 0.4) is 0 Å². The lowest BCUT2D eigenvalue weighted by molar-refractivity contribution is -0.156. The smallest absolute Gasteiger partial charge is 0.336 e. The van der Waals surface area contributed by atoms with Crippen LogP contribution in [0.1, 0.15) is 19.4 Å². The summed E-state index contributed by atoms with van der Waals surface area (Å²) < 4.78 is 14.9. The number of carbonyl (C=O) groups excluding carboxylic acids is 3. The summed E-state index contributed by atoms with van der Waals surface area (Å²) in [5, 5.41) is 0. The van der Waals surface area contributed by atoms with Gasteiger partial charge >= 0.3 is 17.9 Å². The maximum atomic E-state index is 12.8. The van der Waals surface area contributed by atoms with Crippen LogP contribution in [0.15, 0.2) is 52.7 Å². The number of benzene rings is 1. The third-order valence-corrected chi connectivity index (χ3v) is 4.37. The molecule has 1 aromatic rings. The number of methoxy groups -OCH3 is 2. The van der Waals surface area contributed by atoms with E-state index >= 15 is 0 Å². The number of ether oxygens (including phenoxy) is 3. The minimum Gasteiger partial charge on any atom is -0.468 e. The van der Waals surface area contributed by atoms with E-state index in [1.165, 1.54) is 14.2 Å². The van der Waals surface area contributed by atoms with Gasteiger partial charge in [0.15, 0.2) is 0 Å². The lowest BCUT2D eigenvalue weighted by atomic mass is 9.80. The van der Waals surface area contributed by atoms with E-state index in [1.807, 2.05) is 30.3 Å². The molecule has 0 bridgehead atoms. The third kappa shape index (κ3) is 4.73. The number of hydrogen-bond acceptors (Lipinski definition) is 7. The quantitative estimate of drug-likeness (QED) is 0.552. The molecule has 0 fully saturated rings. The fourth-order valence-corrected chi connectivity index (χ4v) is 3.07. The van der Waals surface area contributed by atoms with Crippen molar-refractivity contribution in [3.63, 3.8) is 0 Å². The molecule has 7 heteroatoms. The van der Waals surface area contributed by atoms with Crippen LogP contribution in [0, 0.1) is 11.8 Å². The first-order valence-electron chi connectivity index (χ1n) is 8.71. The van der Waals surface area contributed by atoms with Crippen LogP contribution < -0.4 is 0 Å². The van der Waals surface area contributed by atoms with Gasteiger partial charge in [-0.05, 0) is 25.5 Å². The van der Waals surface area contributed by atoms with Crippen LogP contribution in [-0.2, 0) is 28.6 Å². The molecule has 0 amide bonds. The summed E-state index contributed by atoms with van der Waals surface area (Å²) in [7, 11) is 2.41. The van der Waals surface area contributed by atoms with Gasteiger partial charge in [-0.25, -0.2) is 4.79 Å². The minimum atomic E-state index is -1.18. The molecule has 1 aliphatic rings. The Morgan fingerprint density at radius 1 is 1.00 bits per heavy atom. The van der Waals surface area contributed by atoms with Crippen molar-refractivity contribution in [2.24, 2.45) is 16.8 Å². The lowest BCUT2D eigenvalue weighted by Gasteiger charge is -2.28. The van der Waals surface area contributed by atoms with Crippen LogP contribution in [0.2, 0.25) is 0 Å². The zero-order valence-corrected chi connectivity index (χ0v) is 16.3. The van der Waals surface area contributed by atoms with Gasteiger partial charge in [-0.1, -0.05) is 36.4 Å². The molecule has 1 unspecified atom stereocenters. The number of rotatable bonds is 6. The van der Waals surface area contributed by atoms with E-state index in [0.29, 0.717) is 11.4 Å². The number of esters is 3. The molecule has 1 aliphatic heterocycles. The molecule has 28 heavy (non-hydrogen) atoms. The highest BCUT2D eigenvalue weighted by Gasteiger charge is 2.46. The fraction of sp³-hybridized carbons (Fsp3) is 0.333. The molecule has 0 N–H and O–H groups in total. The Bertz CT molecular complexity index is 838. The molecule has 0 aliphatic carbocycles. The SMILES string of the molecule is COC(=O)C1=C(C)N=C(C)C(C(=O)OC)[C@@H]1C(=O)OC/C=C/c1ccccc1. The normalized spacial score (nSPS) is 19.2. The van der Waals surface area contributed by atoms with Gasteiger partial charge in [-0.2, -0.15) is 0 Å². The summed E-state index contributed by atoms with van der Waals surface area (Å²) in [6.45, 7) is 3.18. The number of allylic oxidation sites excluding steroid dienone is 1. The van der Waals surface area contributed by atoms with E-state index in [-0.39, 0.29) is 12.2 Å². The first-order valence-corrected chi connectivity index (χ1v) is 8.71. The number of nitrogens with zero attached hydrogens (tertiary/aromatic N) is 1. The van der Waals surface area contributed by atoms with Gasteiger partial charge in [0.25, 0.3) is 0 Å². The molecule has 1 heterocycles. The molecule has 2 rings (SSSR count). The van der Waals surface area contributed by atoms with Crippen LogP contribution in [0.25, 0.3) is 6.08 Å². The standard InChI is InChI=1S/C21H23NO6/c1-13-16(19(23)26-3)18(17(14(2)22-13)20(24)27-4)21(25)28-12-8-11-15-9-6-5-7-10-15/h5-11,16,18H,12H2,1-4H3/b11-8+/t16?,18-/m0/s1. The van der Waals surface area contributed by atoms with Crippen molar-refractivity contribution in [2.75, 3.05) is 20.8 Å². The Morgan fingerprint density at radius 2 is 1.68 bits per heavy atom.